The Kier molecular flexibility index (Phi) is 6.30. The van der Waals surface area contributed by atoms with Gasteiger partial charge in [0.05, 0.1) is 11.9 Å². The van der Waals surface area contributed by atoms with Crippen LogP contribution in [0.4, 0.5) is 27.7 Å². The maximum absolute atomic E-state index is 11.8. The first-order valence-electron chi connectivity index (χ1n) is 11.4. The molecule has 0 radical (unpaired) electrons. The molecule has 172 valence electrons. The number of urea groups is 1. The first-order chi connectivity index (χ1) is 17.2. The highest BCUT2D eigenvalue weighted by Crippen LogP contribution is 2.35. The first-order valence-corrected chi connectivity index (χ1v) is 11.4. The number of aromatic nitrogens is 3. The van der Waals surface area contributed by atoms with Gasteiger partial charge in [0.15, 0.2) is 5.65 Å². The average Bonchev–Trinajstić information content (AvgIpc) is 2.90. The second kappa shape index (κ2) is 10.0. The van der Waals surface area contributed by atoms with Crippen LogP contribution in [0.25, 0.3) is 22.4 Å². The Bertz CT molecular complexity index is 1400. The zero-order valence-electron chi connectivity index (χ0n) is 19.2. The molecule has 0 unspecified atom stereocenters. The van der Waals surface area contributed by atoms with Crippen LogP contribution in [0.3, 0.4) is 0 Å². The number of pyridine rings is 1. The molecule has 0 aliphatic carbocycles. The fourth-order valence-electron chi connectivity index (χ4n) is 3.81. The lowest BCUT2D eigenvalue weighted by atomic mass is 10.1. The molecule has 7 nitrogen and oxygen atoms in total. The van der Waals surface area contributed by atoms with Crippen molar-refractivity contribution < 1.29 is 4.79 Å². The van der Waals surface area contributed by atoms with E-state index in [9.17, 15) is 4.79 Å². The molecule has 0 saturated carbocycles. The van der Waals surface area contributed by atoms with Gasteiger partial charge in [-0.2, -0.15) is 0 Å². The predicted octanol–water partition coefficient (Wildman–Crippen LogP) is 6.30. The fraction of sp³-hybridized carbons (Fsp3) is 0.0714. The van der Waals surface area contributed by atoms with Gasteiger partial charge in [0.25, 0.3) is 0 Å². The van der Waals surface area contributed by atoms with Crippen molar-refractivity contribution in [2.24, 2.45) is 0 Å². The Labute approximate surface area is 203 Å². The number of carbonyl (C=O) groups is 1. The van der Waals surface area contributed by atoms with Crippen molar-refractivity contribution >= 4 is 40.1 Å². The number of hydrogen-bond acceptors (Lipinski definition) is 5. The monoisotopic (exact) mass is 460 g/mol. The van der Waals surface area contributed by atoms with Crippen molar-refractivity contribution in [3.63, 3.8) is 0 Å². The van der Waals surface area contributed by atoms with Crippen LogP contribution in [0.15, 0.2) is 103 Å². The van der Waals surface area contributed by atoms with Gasteiger partial charge in [-0.3, -0.25) is 10.3 Å². The summed E-state index contributed by atoms with van der Waals surface area (Å²) in [5, 5.41) is 5.40. The third-order valence-corrected chi connectivity index (χ3v) is 5.44. The number of carbonyl (C=O) groups excluding carboxylic acids is 1. The van der Waals surface area contributed by atoms with Crippen LogP contribution in [-0.4, -0.2) is 27.5 Å². The molecule has 0 saturated heterocycles. The molecule has 5 aromatic rings. The topological polar surface area (TPSA) is 83.0 Å². The van der Waals surface area contributed by atoms with Gasteiger partial charge in [-0.1, -0.05) is 48.5 Å². The number of fused-ring (bicyclic) bond motifs is 1. The van der Waals surface area contributed by atoms with E-state index < -0.39 is 0 Å². The van der Waals surface area contributed by atoms with E-state index in [2.05, 4.69) is 61.9 Å². The Balaban J connectivity index is 1.46. The molecule has 7 heteroatoms. The standard InChI is InChI=1S/C28H24N6O/c1-2-29-28(35)33-26-18-17-24-27(32-26)31-25(19-30-24)20-13-15-23(16-14-20)34(21-9-5-3-6-10-21)22-11-7-4-8-12-22/h3-19H,2H2,1H3,(H2,29,31,32,33,35). The predicted molar refractivity (Wildman–Crippen MR) is 140 cm³/mol. The van der Waals surface area contributed by atoms with Gasteiger partial charge >= 0.3 is 6.03 Å². The van der Waals surface area contributed by atoms with Crippen molar-refractivity contribution in [1.29, 1.82) is 0 Å². The molecule has 0 aliphatic rings. The number of amides is 2. The lowest BCUT2D eigenvalue weighted by molar-refractivity contribution is 0.252. The van der Waals surface area contributed by atoms with Crippen molar-refractivity contribution in [3.05, 3.63) is 103 Å². The Morgan fingerprint density at radius 1 is 0.771 bits per heavy atom. The van der Waals surface area contributed by atoms with Crippen LogP contribution < -0.4 is 15.5 Å². The van der Waals surface area contributed by atoms with Gasteiger partial charge in [-0.05, 0) is 55.5 Å². The molecule has 2 amide bonds. The smallest absolute Gasteiger partial charge is 0.320 e. The van der Waals surface area contributed by atoms with Crippen LogP contribution in [0.2, 0.25) is 0 Å². The molecule has 0 atom stereocenters. The lowest BCUT2D eigenvalue weighted by Gasteiger charge is -2.25. The zero-order valence-corrected chi connectivity index (χ0v) is 19.2. The van der Waals surface area contributed by atoms with E-state index in [0.717, 1.165) is 22.6 Å². The molecule has 0 spiro atoms. The molecule has 0 fully saturated rings. The number of benzene rings is 3. The number of para-hydroxylation sites is 2. The Hall–Kier alpha value is -4.78. The minimum Gasteiger partial charge on any atom is -0.338 e. The van der Waals surface area contributed by atoms with Crippen LogP contribution in [0.5, 0.6) is 0 Å². The molecule has 2 aromatic heterocycles. The van der Waals surface area contributed by atoms with Gasteiger partial charge in [-0.15, -0.1) is 0 Å². The molecule has 35 heavy (non-hydrogen) atoms. The van der Waals surface area contributed by atoms with Crippen LogP contribution >= 0.6 is 0 Å². The van der Waals surface area contributed by atoms with E-state index in [1.54, 1.807) is 18.3 Å². The number of anilines is 4. The number of nitrogens with zero attached hydrogens (tertiary/aromatic N) is 4. The van der Waals surface area contributed by atoms with Gasteiger partial charge in [0.1, 0.15) is 11.3 Å². The third kappa shape index (κ3) is 4.94. The summed E-state index contributed by atoms with van der Waals surface area (Å²) in [5.41, 5.74) is 5.95. The van der Waals surface area contributed by atoms with E-state index in [-0.39, 0.29) is 6.03 Å². The minimum atomic E-state index is -0.305. The largest absolute Gasteiger partial charge is 0.338 e. The summed E-state index contributed by atoms with van der Waals surface area (Å²) in [7, 11) is 0. The Morgan fingerprint density at radius 2 is 1.40 bits per heavy atom. The van der Waals surface area contributed by atoms with E-state index in [1.165, 1.54) is 0 Å². The van der Waals surface area contributed by atoms with Crippen molar-refractivity contribution in [2.45, 2.75) is 6.92 Å². The minimum absolute atomic E-state index is 0.305. The SMILES string of the molecule is CCNC(=O)Nc1ccc2ncc(-c3ccc(N(c4ccccc4)c4ccccc4)cc3)nc2n1. The van der Waals surface area contributed by atoms with Crippen LogP contribution in [0.1, 0.15) is 6.92 Å². The maximum atomic E-state index is 11.8. The highest BCUT2D eigenvalue weighted by Gasteiger charge is 2.13. The van der Waals surface area contributed by atoms with E-state index in [1.807, 2.05) is 55.5 Å². The summed E-state index contributed by atoms with van der Waals surface area (Å²) in [5.74, 6) is 0.423. The molecule has 2 heterocycles. The van der Waals surface area contributed by atoms with Gasteiger partial charge in [0.2, 0.25) is 0 Å². The van der Waals surface area contributed by atoms with Crippen molar-refractivity contribution in [2.75, 3.05) is 16.8 Å². The molecule has 5 rings (SSSR count). The summed E-state index contributed by atoms with van der Waals surface area (Å²) < 4.78 is 0. The summed E-state index contributed by atoms with van der Waals surface area (Å²) in [6.45, 7) is 2.39. The highest BCUT2D eigenvalue weighted by molar-refractivity contribution is 5.89. The summed E-state index contributed by atoms with van der Waals surface area (Å²) in [6, 6.07) is 31.9. The molecule has 0 bridgehead atoms. The second-order valence-electron chi connectivity index (χ2n) is 7.83. The second-order valence-corrected chi connectivity index (χ2v) is 7.83. The number of rotatable bonds is 6. The van der Waals surface area contributed by atoms with Crippen molar-refractivity contribution in [3.8, 4) is 11.3 Å². The van der Waals surface area contributed by atoms with Gasteiger partial charge < -0.3 is 10.2 Å². The average molecular weight is 461 g/mol. The van der Waals surface area contributed by atoms with Gasteiger partial charge in [-0.25, -0.2) is 14.8 Å². The van der Waals surface area contributed by atoms with Crippen LogP contribution in [0, 0.1) is 0 Å². The number of nitrogens with one attached hydrogen (secondary N) is 2. The maximum Gasteiger partial charge on any atom is 0.320 e. The summed E-state index contributed by atoms with van der Waals surface area (Å²) in [6.07, 6.45) is 1.74. The number of hydrogen-bond donors (Lipinski definition) is 2. The third-order valence-electron chi connectivity index (χ3n) is 5.44. The molecule has 0 aliphatic heterocycles. The van der Waals surface area contributed by atoms with E-state index in [4.69, 9.17) is 4.98 Å². The molecular formula is C28H24N6O. The fourth-order valence-corrected chi connectivity index (χ4v) is 3.81. The van der Waals surface area contributed by atoms with Crippen molar-refractivity contribution in [1.82, 2.24) is 20.3 Å². The van der Waals surface area contributed by atoms with Crippen LogP contribution in [-0.2, 0) is 0 Å². The molecule has 3 aromatic carbocycles. The summed E-state index contributed by atoms with van der Waals surface area (Å²) in [4.78, 5) is 27.7. The Morgan fingerprint density at radius 3 is 2.03 bits per heavy atom. The van der Waals surface area contributed by atoms with E-state index >= 15 is 0 Å². The lowest BCUT2D eigenvalue weighted by Crippen LogP contribution is -2.28. The highest BCUT2D eigenvalue weighted by atomic mass is 16.2. The first kappa shape index (κ1) is 22.0. The van der Waals surface area contributed by atoms with Gasteiger partial charge in [0, 0.05) is 29.2 Å². The molecular weight excluding hydrogens is 436 g/mol. The summed E-state index contributed by atoms with van der Waals surface area (Å²) >= 11 is 0. The quantitative estimate of drug-likeness (QED) is 0.311. The zero-order chi connectivity index (χ0) is 24.0. The normalized spacial score (nSPS) is 10.7. The molecule has 2 N–H and O–H groups in total. The van der Waals surface area contributed by atoms with E-state index in [0.29, 0.717) is 29.2 Å².